The van der Waals surface area contributed by atoms with Gasteiger partial charge in [0.2, 0.25) is 0 Å². The summed E-state index contributed by atoms with van der Waals surface area (Å²) in [6.07, 6.45) is 5.56. The summed E-state index contributed by atoms with van der Waals surface area (Å²) in [5, 5.41) is 4.30. The maximum atomic E-state index is 12.7. The van der Waals surface area contributed by atoms with Crippen molar-refractivity contribution in [2.24, 2.45) is 7.05 Å². The zero-order valence-corrected chi connectivity index (χ0v) is 12.8. The van der Waals surface area contributed by atoms with Crippen molar-refractivity contribution in [3.05, 3.63) is 46.5 Å². The Labute approximate surface area is 124 Å². The number of aromatic nitrogens is 3. The van der Waals surface area contributed by atoms with Gasteiger partial charge in [0.25, 0.3) is 5.91 Å². The van der Waals surface area contributed by atoms with Gasteiger partial charge in [0, 0.05) is 37.6 Å². The zero-order valence-electron chi connectivity index (χ0n) is 12.8. The quantitative estimate of drug-likeness (QED) is 0.805. The molecule has 0 saturated carbocycles. The van der Waals surface area contributed by atoms with Gasteiger partial charge in [-0.2, -0.15) is 5.10 Å². The fourth-order valence-corrected chi connectivity index (χ4v) is 2.95. The van der Waals surface area contributed by atoms with E-state index in [1.807, 2.05) is 42.7 Å². The van der Waals surface area contributed by atoms with E-state index in [4.69, 9.17) is 0 Å². The molecule has 0 radical (unpaired) electrons. The number of carbonyl (C=O) groups excluding carboxylic acids is 1. The monoisotopic (exact) mass is 284 g/mol. The Kier molecular flexibility index (Phi) is 3.49. The second kappa shape index (κ2) is 5.31. The van der Waals surface area contributed by atoms with Crippen LogP contribution in [0.4, 0.5) is 0 Å². The fourth-order valence-electron chi connectivity index (χ4n) is 2.95. The molecule has 110 valence electrons. The van der Waals surface area contributed by atoms with E-state index in [1.165, 1.54) is 5.69 Å². The Bertz CT molecular complexity index is 690. The van der Waals surface area contributed by atoms with Crippen molar-refractivity contribution < 1.29 is 4.79 Å². The summed E-state index contributed by atoms with van der Waals surface area (Å²) >= 11 is 0. The molecule has 3 rings (SSSR count). The molecule has 0 atom stereocenters. The van der Waals surface area contributed by atoms with E-state index < -0.39 is 0 Å². The topological polar surface area (TPSA) is 51.0 Å². The minimum absolute atomic E-state index is 0.0178. The first-order chi connectivity index (χ1) is 10.1. The van der Waals surface area contributed by atoms with Crippen LogP contribution in [0.1, 0.15) is 39.3 Å². The first-order valence-electron chi connectivity index (χ1n) is 7.28. The van der Waals surface area contributed by atoms with Gasteiger partial charge in [-0.05, 0) is 37.8 Å². The van der Waals surface area contributed by atoms with E-state index in [9.17, 15) is 4.79 Å². The summed E-state index contributed by atoms with van der Waals surface area (Å²) in [6, 6.07) is 2.01. The lowest BCUT2D eigenvalue weighted by Crippen LogP contribution is -2.31. The van der Waals surface area contributed by atoms with E-state index in [-0.39, 0.29) is 5.91 Å². The van der Waals surface area contributed by atoms with E-state index >= 15 is 0 Å². The van der Waals surface area contributed by atoms with Crippen molar-refractivity contribution in [2.75, 3.05) is 6.54 Å². The molecule has 0 unspecified atom stereocenters. The van der Waals surface area contributed by atoms with Gasteiger partial charge in [-0.15, -0.1) is 0 Å². The highest BCUT2D eigenvalue weighted by Crippen LogP contribution is 2.20. The normalized spacial score (nSPS) is 14.7. The smallest absolute Gasteiger partial charge is 0.273 e. The van der Waals surface area contributed by atoms with Crippen LogP contribution in [0.2, 0.25) is 0 Å². The van der Waals surface area contributed by atoms with Crippen molar-refractivity contribution in [3.63, 3.8) is 0 Å². The number of fused-ring (bicyclic) bond motifs is 1. The predicted molar refractivity (Wildman–Crippen MR) is 80.0 cm³/mol. The molecule has 5 heteroatoms. The Morgan fingerprint density at radius 1 is 1.29 bits per heavy atom. The van der Waals surface area contributed by atoms with E-state index in [1.54, 1.807) is 6.20 Å². The van der Waals surface area contributed by atoms with Gasteiger partial charge in [-0.3, -0.25) is 14.5 Å². The third-order valence-corrected chi connectivity index (χ3v) is 4.06. The minimum Gasteiger partial charge on any atom is -0.333 e. The van der Waals surface area contributed by atoms with Crippen LogP contribution in [0.15, 0.2) is 18.5 Å². The van der Waals surface area contributed by atoms with Crippen LogP contribution < -0.4 is 0 Å². The highest BCUT2D eigenvalue weighted by atomic mass is 16.2. The van der Waals surface area contributed by atoms with Crippen molar-refractivity contribution in [3.8, 4) is 0 Å². The summed E-state index contributed by atoms with van der Waals surface area (Å²) in [5.74, 6) is 0.0178. The van der Waals surface area contributed by atoms with Crippen LogP contribution in [-0.2, 0) is 20.0 Å². The molecule has 0 bridgehead atoms. The third kappa shape index (κ3) is 2.55. The van der Waals surface area contributed by atoms with Gasteiger partial charge in [0.05, 0.1) is 6.20 Å². The molecule has 5 nitrogen and oxygen atoms in total. The second-order valence-electron chi connectivity index (χ2n) is 5.75. The lowest BCUT2D eigenvalue weighted by Gasteiger charge is -2.20. The van der Waals surface area contributed by atoms with Gasteiger partial charge < -0.3 is 4.90 Å². The molecule has 1 amide bonds. The molecule has 1 aliphatic heterocycles. The van der Waals surface area contributed by atoms with Crippen LogP contribution in [0.25, 0.3) is 0 Å². The summed E-state index contributed by atoms with van der Waals surface area (Å²) in [5.41, 5.74) is 4.96. The Balaban J connectivity index is 1.88. The molecule has 2 aromatic heterocycles. The largest absolute Gasteiger partial charge is 0.333 e. The van der Waals surface area contributed by atoms with Crippen molar-refractivity contribution in [1.29, 1.82) is 0 Å². The molecule has 3 heterocycles. The molecule has 21 heavy (non-hydrogen) atoms. The SMILES string of the molecule is Cc1cnc(C(=O)N2CCCc3c(cnn3C)C2)c(C)c1. The summed E-state index contributed by atoms with van der Waals surface area (Å²) in [7, 11) is 1.96. The van der Waals surface area contributed by atoms with Crippen molar-refractivity contribution in [2.45, 2.75) is 33.2 Å². The highest BCUT2D eigenvalue weighted by Gasteiger charge is 2.24. The molecule has 0 aliphatic carbocycles. The zero-order chi connectivity index (χ0) is 15.0. The average Bonchev–Trinajstić information content (AvgIpc) is 2.68. The minimum atomic E-state index is 0.0178. The Hall–Kier alpha value is -2.17. The lowest BCUT2D eigenvalue weighted by atomic mass is 10.1. The van der Waals surface area contributed by atoms with E-state index in [2.05, 4.69) is 10.1 Å². The number of aryl methyl sites for hydroxylation is 3. The first kappa shape index (κ1) is 13.8. The number of hydrogen-bond acceptors (Lipinski definition) is 3. The van der Waals surface area contributed by atoms with E-state index in [0.717, 1.165) is 36.1 Å². The molecular formula is C16H20N4O. The maximum Gasteiger partial charge on any atom is 0.273 e. The van der Waals surface area contributed by atoms with Crippen molar-refractivity contribution in [1.82, 2.24) is 19.7 Å². The van der Waals surface area contributed by atoms with Crippen LogP contribution >= 0.6 is 0 Å². The van der Waals surface area contributed by atoms with E-state index in [0.29, 0.717) is 12.2 Å². The first-order valence-corrected chi connectivity index (χ1v) is 7.28. The van der Waals surface area contributed by atoms with Crippen LogP contribution in [0.5, 0.6) is 0 Å². The van der Waals surface area contributed by atoms with Crippen LogP contribution in [-0.4, -0.2) is 32.1 Å². The number of amides is 1. The molecule has 0 fully saturated rings. The standard InChI is InChI=1S/C16H20N4O/c1-11-7-12(2)15(17-8-11)16(21)20-6-4-5-14-13(10-20)9-18-19(14)3/h7-9H,4-6,10H2,1-3H3. The van der Waals surface area contributed by atoms with Gasteiger partial charge in [-0.1, -0.05) is 6.07 Å². The average molecular weight is 284 g/mol. The predicted octanol–water partition coefficient (Wildman–Crippen LogP) is 2.02. The van der Waals surface area contributed by atoms with Crippen LogP contribution in [0, 0.1) is 13.8 Å². The van der Waals surface area contributed by atoms with Gasteiger partial charge in [0.15, 0.2) is 0 Å². The molecular weight excluding hydrogens is 264 g/mol. The van der Waals surface area contributed by atoms with Gasteiger partial charge in [0.1, 0.15) is 5.69 Å². The third-order valence-electron chi connectivity index (χ3n) is 4.06. The van der Waals surface area contributed by atoms with Crippen molar-refractivity contribution >= 4 is 5.91 Å². The molecule has 0 aromatic carbocycles. The second-order valence-corrected chi connectivity index (χ2v) is 5.75. The number of carbonyl (C=O) groups is 1. The number of rotatable bonds is 1. The van der Waals surface area contributed by atoms with Gasteiger partial charge >= 0.3 is 0 Å². The van der Waals surface area contributed by atoms with Crippen LogP contribution in [0.3, 0.4) is 0 Å². The summed E-state index contributed by atoms with van der Waals surface area (Å²) in [4.78, 5) is 19.0. The Morgan fingerprint density at radius 3 is 2.86 bits per heavy atom. The summed E-state index contributed by atoms with van der Waals surface area (Å²) in [6.45, 7) is 5.32. The number of pyridine rings is 1. The fraction of sp³-hybridized carbons (Fsp3) is 0.438. The molecule has 0 spiro atoms. The molecule has 0 N–H and O–H groups in total. The molecule has 2 aromatic rings. The lowest BCUT2D eigenvalue weighted by molar-refractivity contribution is 0.0739. The Morgan fingerprint density at radius 2 is 2.10 bits per heavy atom. The molecule has 0 saturated heterocycles. The maximum absolute atomic E-state index is 12.7. The highest BCUT2D eigenvalue weighted by molar-refractivity contribution is 5.93. The summed E-state index contributed by atoms with van der Waals surface area (Å²) < 4.78 is 1.92. The number of hydrogen-bond donors (Lipinski definition) is 0. The van der Waals surface area contributed by atoms with Gasteiger partial charge in [-0.25, -0.2) is 0 Å². The number of nitrogens with zero attached hydrogens (tertiary/aromatic N) is 4. The molecule has 1 aliphatic rings.